The van der Waals surface area contributed by atoms with Crippen LogP contribution in [0.5, 0.6) is 0 Å². The molecule has 1 atom stereocenters. The Morgan fingerprint density at radius 2 is 2.00 bits per heavy atom. The lowest BCUT2D eigenvalue weighted by atomic mass is 10.2. The number of carbonyl (C=O) groups excluding carboxylic acids is 1. The summed E-state index contributed by atoms with van der Waals surface area (Å²) < 4.78 is 35.8. The van der Waals surface area contributed by atoms with Crippen molar-refractivity contribution in [3.8, 4) is 0 Å². The number of hydrogen-bond donors (Lipinski definition) is 1. The van der Waals surface area contributed by atoms with Gasteiger partial charge in [0.2, 0.25) is 5.91 Å². The minimum Gasteiger partial charge on any atom is -0.337 e. The molecule has 0 aromatic heterocycles. The van der Waals surface area contributed by atoms with Crippen molar-refractivity contribution < 1.29 is 18.0 Å². The highest BCUT2D eigenvalue weighted by atomic mass is 19.4. The highest BCUT2D eigenvalue weighted by Crippen LogP contribution is 2.16. The third kappa shape index (κ3) is 7.18. The van der Waals surface area contributed by atoms with E-state index in [1.165, 1.54) is 0 Å². The molecule has 1 N–H and O–H groups in total. The van der Waals surface area contributed by atoms with E-state index in [2.05, 4.69) is 5.32 Å². The Balaban J connectivity index is 3.99. The van der Waals surface area contributed by atoms with E-state index < -0.39 is 18.6 Å². The van der Waals surface area contributed by atoms with Gasteiger partial charge in [-0.1, -0.05) is 6.92 Å². The third-order valence-electron chi connectivity index (χ3n) is 1.88. The van der Waals surface area contributed by atoms with E-state index in [4.69, 9.17) is 0 Å². The average molecular weight is 226 g/mol. The summed E-state index contributed by atoms with van der Waals surface area (Å²) in [6.45, 7) is 3.14. The quantitative estimate of drug-likeness (QED) is 0.768. The first-order chi connectivity index (χ1) is 6.76. The molecule has 0 saturated carbocycles. The van der Waals surface area contributed by atoms with E-state index in [-0.39, 0.29) is 12.5 Å². The Bertz CT molecular complexity index is 206. The number of amides is 1. The van der Waals surface area contributed by atoms with Crippen molar-refractivity contribution in [1.29, 1.82) is 0 Å². The van der Waals surface area contributed by atoms with Gasteiger partial charge in [0.15, 0.2) is 0 Å². The molecule has 3 nitrogen and oxygen atoms in total. The van der Waals surface area contributed by atoms with Crippen LogP contribution in [0.2, 0.25) is 0 Å². The van der Waals surface area contributed by atoms with E-state index >= 15 is 0 Å². The molecule has 0 saturated heterocycles. The van der Waals surface area contributed by atoms with Crippen LogP contribution in [0, 0.1) is 0 Å². The lowest BCUT2D eigenvalue weighted by Gasteiger charge is -2.21. The van der Waals surface area contributed by atoms with Crippen LogP contribution in [0.3, 0.4) is 0 Å². The van der Waals surface area contributed by atoms with Gasteiger partial charge in [-0.25, -0.2) is 0 Å². The van der Waals surface area contributed by atoms with Crippen LogP contribution in [0.15, 0.2) is 0 Å². The maximum atomic E-state index is 11.9. The first kappa shape index (κ1) is 14.2. The van der Waals surface area contributed by atoms with Crippen molar-refractivity contribution in [2.75, 3.05) is 20.1 Å². The fourth-order valence-electron chi connectivity index (χ4n) is 1.20. The van der Waals surface area contributed by atoms with Crippen molar-refractivity contribution >= 4 is 5.91 Å². The molecule has 0 aromatic rings. The minimum atomic E-state index is -4.33. The van der Waals surface area contributed by atoms with Crippen LogP contribution in [-0.2, 0) is 4.79 Å². The molecule has 6 heteroatoms. The second-order valence-electron chi connectivity index (χ2n) is 3.53. The van der Waals surface area contributed by atoms with Crippen molar-refractivity contribution in [2.24, 2.45) is 0 Å². The Morgan fingerprint density at radius 3 is 2.40 bits per heavy atom. The first-order valence-corrected chi connectivity index (χ1v) is 4.80. The predicted octanol–water partition coefficient (Wildman–Crippen LogP) is 1.40. The van der Waals surface area contributed by atoms with Gasteiger partial charge in [-0.05, 0) is 13.5 Å². The second kappa shape index (κ2) is 5.95. The second-order valence-corrected chi connectivity index (χ2v) is 3.53. The van der Waals surface area contributed by atoms with Crippen LogP contribution in [0.25, 0.3) is 0 Å². The monoisotopic (exact) mass is 226 g/mol. The molecular formula is C9H17F3N2O. The number of rotatable bonds is 5. The highest BCUT2D eigenvalue weighted by Gasteiger charge is 2.31. The third-order valence-corrected chi connectivity index (χ3v) is 1.88. The zero-order valence-corrected chi connectivity index (χ0v) is 9.19. The SMILES string of the molecule is CCNC(C)CC(=O)N(C)CC(F)(F)F. The van der Waals surface area contributed by atoms with Gasteiger partial charge >= 0.3 is 6.18 Å². The Morgan fingerprint density at radius 1 is 1.47 bits per heavy atom. The number of halogens is 3. The zero-order chi connectivity index (χ0) is 12.1. The van der Waals surface area contributed by atoms with Crippen LogP contribution in [0.1, 0.15) is 20.3 Å². The summed E-state index contributed by atoms with van der Waals surface area (Å²) in [6, 6.07) is -0.0989. The Kier molecular flexibility index (Phi) is 5.64. The predicted molar refractivity (Wildman–Crippen MR) is 51.4 cm³/mol. The van der Waals surface area contributed by atoms with Gasteiger partial charge in [0, 0.05) is 19.5 Å². The zero-order valence-electron chi connectivity index (χ0n) is 9.19. The van der Waals surface area contributed by atoms with Gasteiger partial charge in [0.25, 0.3) is 0 Å². The lowest BCUT2D eigenvalue weighted by Crippen LogP contribution is -2.39. The standard InChI is InChI=1S/C9H17F3N2O/c1-4-13-7(2)5-8(15)14(3)6-9(10,11)12/h7,13H,4-6H2,1-3H3. The van der Waals surface area contributed by atoms with E-state index in [1.807, 2.05) is 6.92 Å². The average Bonchev–Trinajstić information content (AvgIpc) is 2.00. The molecule has 0 rings (SSSR count). The smallest absolute Gasteiger partial charge is 0.337 e. The topological polar surface area (TPSA) is 32.3 Å². The van der Waals surface area contributed by atoms with Gasteiger partial charge in [-0.2, -0.15) is 13.2 Å². The largest absolute Gasteiger partial charge is 0.406 e. The molecule has 1 unspecified atom stereocenters. The van der Waals surface area contributed by atoms with Gasteiger partial charge in [0.05, 0.1) is 0 Å². The minimum absolute atomic E-state index is 0.0837. The van der Waals surface area contributed by atoms with Crippen molar-refractivity contribution in [1.82, 2.24) is 10.2 Å². The van der Waals surface area contributed by atoms with Gasteiger partial charge < -0.3 is 10.2 Å². The first-order valence-electron chi connectivity index (χ1n) is 4.80. The summed E-state index contributed by atoms with van der Waals surface area (Å²) in [5.41, 5.74) is 0. The molecule has 0 heterocycles. The normalized spacial score (nSPS) is 13.7. The Labute approximate surface area is 87.6 Å². The number of nitrogens with zero attached hydrogens (tertiary/aromatic N) is 1. The van der Waals surface area contributed by atoms with Crippen molar-refractivity contribution in [3.63, 3.8) is 0 Å². The van der Waals surface area contributed by atoms with E-state index in [9.17, 15) is 18.0 Å². The molecule has 0 fully saturated rings. The molecular weight excluding hydrogens is 209 g/mol. The summed E-state index contributed by atoms with van der Waals surface area (Å²) >= 11 is 0. The molecule has 1 amide bonds. The fourth-order valence-corrected chi connectivity index (χ4v) is 1.20. The maximum Gasteiger partial charge on any atom is 0.406 e. The van der Waals surface area contributed by atoms with E-state index in [1.54, 1.807) is 6.92 Å². The molecule has 0 aliphatic carbocycles. The summed E-state index contributed by atoms with van der Waals surface area (Å²) in [5.74, 6) is -0.499. The Hall–Kier alpha value is -0.780. The molecule has 0 spiro atoms. The number of hydrogen-bond acceptors (Lipinski definition) is 2. The summed E-state index contributed by atoms with van der Waals surface area (Å²) in [7, 11) is 1.16. The summed E-state index contributed by atoms with van der Waals surface area (Å²) in [6.07, 6.45) is -4.24. The van der Waals surface area contributed by atoms with Gasteiger partial charge in [-0.15, -0.1) is 0 Å². The van der Waals surface area contributed by atoms with Crippen molar-refractivity contribution in [3.05, 3.63) is 0 Å². The van der Waals surface area contributed by atoms with E-state index in [0.717, 1.165) is 7.05 Å². The van der Waals surface area contributed by atoms with E-state index in [0.29, 0.717) is 11.4 Å². The molecule has 90 valence electrons. The number of alkyl halides is 3. The number of carbonyl (C=O) groups is 1. The van der Waals surface area contributed by atoms with Crippen LogP contribution < -0.4 is 5.32 Å². The molecule has 0 radical (unpaired) electrons. The number of nitrogens with one attached hydrogen (secondary N) is 1. The molecule has 0 aromatic carbocycles. The molecule has 15 heavy (non-hydrogen) atoms. The summed E-state index contributed by atoms with van der Waals surface area (Å²) in [5, 5.41) is 2.97. The van der Waals surface area contributed by atoms with Crippen LogP contribution >= 0.6 is 0 Å². The lowest BCUT2D eigenvalue weighted by molar-refractivity contribution is -0.158. The summed E-state index contributed by atoms with van der Waals surface area (Å²) in [4.78, 5) is 12.0. The van der Waals surface area contributed by atoms with Crippen LogP contribution in [0.4, 0.5) is 13.2 Å². The van der Waals surface area contributed by atoms with Gasteiger partial charge in [-0.3, -0.25) is 4.79 Å². The molecule has 0 bridgehead atoms. The van der Waals surface area contributed by atoms with Crippen molar-refractivity contribution in [2.45, 2.75) is 32.5 Å². The highest BCUT2D eigenvalue weighted by molar-refractivity contribution is 5.76. The van der Waals surface area contributed by atoms with Crippen LogP contribution in [-0.4, -0.2) is 43.2 Å². The molecule has 0 aliphatic heterocycles. The molecule has 0 aliphatic rings. The fraction of sp³-hybridized carbons (Fsp3) is 0.889. The van der Waals surface area contributed by atoms with Gasteiger partial charge in [0.1, 0.15) is 6.54 Å². The maximum absolute atomic E-state index is 11.9.